The molecule has 1 fully saturated rings. The van der Waals surface area contributed by atoms with Crippen molar-refractivity contribution in [2.75, 3.05) is 0 Å². The van der Waals surface area contributed by atoms with Gasteiger partial charge in [0.1, 0.15) is 0 Å². The second-order valence-electron chi connectivity index (χ2n) is 5.92. The molecule has 0 heteroatoms. The van der Waals surface area contributed by atoms with Gasteiger partial charge in [0, 0.05) is 0 Å². The number of rotatable bonds is 7. The van der Waals surface area contributed by atoms with Gasteiger partial charge < -0.3 is 0 Å². The summed E-state index contributed by atoms with van der Waals surface area (Å²) in [5.41, 5.74) is 0. The summed E-state index contributed by atoms with van der Waals surface area (Å²) in [6.07, 6.45) is 8.88. The zero-order chi connectivity index (χ0) is 10.6. The van der Waals surface area contributed by atoms with Crippen LogP contribution >= 0.6 is 0 Å². The Bertz CT molecular complexity index is 140. The highest BCUT2D eigenvalue weighted by Crippen LogP contribution is 2.42. The third-order valence-electron chi connectivity index (χ3n) is 3.65. The summed E-state index contributed by atoms with van der Waals surface area (Å²) in [5, 5.41) is 0. The maximum Gasteiger partial charge on any atom is -0.0363 e. The smallest absolute Gasteiger partial charge is 0.0363 e. The number of hydrogen-bond acceptors (Lipinski definition) is 0. The van der Waals surface area contributed by atoms with Crippen LogP contribution in [-0.2, 0) is 0 Å². The highest BCUT2D eigenvalue weighted by atomic mass is 14.4. The van der Waals surface area contributed by atoms with Gasteiger partial charge in [-0.2, -0.15) is 0 Å². The van der Waals surface area contributed by atoms with Crippen LogP contribution in [-0.4, -0.2) is 0 Å². The first-order valence-corrected chi connectivity index (χ1v) is 6.61. The van der Waals surface area contributed by atoms with Gasteiger partial charge in [0.05, 0.1) is 0 Å². The average Bonchev–Trinajstić information content (AvgIpc) is 2.86. The van der Waals surface area contributed by atoms with Gasteiger partial charge in [0.25, 0.3) is 0 Å². The van der Waals surface area contributed by atoms with Gasteiger partial charge >= 0.3 is 0 Å². The van der Waals surface area contributed by atoms with E-state index in [1.165, 1.54) is 38.5 Å². The summed E-state index contributed by atoms with van der Waals surface area (Å²) >= 11 is 0. The topological polar surface area (TPSA) is 0 Å². The molecule has 1 unspecified atom stereocenters. The molecule has 0 aromatic rings. The summed E-state index contributed by atoms with van der Waals surface area (Å²) in [6.45, 7) is 9.48. The summed E-state index contributed by atoms with van der Waals surface area (Å²) in [5.74, 6) is 3.96. The molecule has 0 radical (unpaired) electrons. The molecule has 1 atom stereocenters. The second-order valence-corrected chi connectivity index (χ2v) is 5.92. The molecule has 0 aromatic carbocycles. The fourth-order valence-electron chi connectivity index (χ4n) is 2.57. The zero-order valence-corrected chi connectivity index (χ0v) is 10.6. The molecule has 0 aliphatic heterocycles. The van der Waals surface area contributed by atoms with E-state index in [1.54, 1.807) is 0 Å². The molecule has 84 valence electrons. The van der Waals surface area contributed by atoms with Gasteiger partial charge in [-0.3, -0.25) is 0 Å². The third kappa shape index (κ3) is 4.48. The van der Waals surface area contributed by atoms with E-state index in [0.717, 1.165) is 23.7 Å². The van der Waals surface area contributed by atoms with Crippen LogP contribution in [0, 0.1) is 23.7 Å². The first-order valence-electron chi connectivity index (χ1n) is 6.61. The van der Waals surface area contributed by atoms with Crippen LogP contribution in [0.3, 0.4) is 0 Å². The van der Waals surface area contributed by atoms with Crippen LogP contribution < -0.4 is 0 Å². The number of unbranched alkanes of at least 4 members (excludes halogenated alkanes) is 1. The molecule has 0 spiro atoms. The van der Waals surface area contributed by atoms with Crippen molar-refractivity contribution >= 4 is 0 Å². The van der Waals surface area contributed by atoms with Crippen molar-refractivity contribution in [1.29, 1.82) is 0 Å². The fraction of sp³-hybridized carbons (Fsp3) is 1.00. The molecule has 0 aromatic heterocycles. The van der Waals surface area contributed by atoms with E-state index in [-0.39, 0.29) is 0 Å². The molecule has 0 N–H and O–H groups in total. The molecule has 0 saturated heterocycles. The van der Waals surface area contributed by atoms with Crippen molar-refractivity contribution in [3.63, 3.8) is 0 Å². The lowest BCUT2D eigenvalue weighted by atomic mass is 9.86. The quantitative estimate of drug-likeness (QED) is 0.509. The first kappa shape index (κ1) is 12.1. The monoisotopic (exact) mass is 196 g/mol. The van der Waals surface area contributed by atoms with Crippen molar-refractivity contribution in [2.45, 2.75) is 66.2 Å². The Balaban J connectivity index is 2.08. The Morgan fingerprint density at radius 3 is 1.93 bits per heavy atom. The molecule has 1 rings (SSSR count). The maximum absolute atomic E-state index is 2.41. The fourth-order valence-corrected chi connectivity index (χ4v) is 2.57. The Morgan fingerprint density at radius 1 is 0.929 bits per heavy atom. The van der Waals surface area contributed by atoms with E-state index in [4.69, 9.17) is 0 Å². The molecule has 0 heterocycles. The Morgan fingerprint density at radius 2 is 1.50 bits per heavy atom. The van der Waals surface area contributed by atoms with Crippen LogP contribution in [0.2, 0.25) is 0 Å². The van der Waals surface area contributed by atoms with Crippen molar-refractivity contribution in [1.82, 2.24) is 0 Å². The molecule has 1 saturated carbocycles. The highest BCUT2D eigenvalue weighted by Gasteiger charge is 2.32. The summed E-state index contributed by atoms with van der Waals surface area (Å²) in [4.78, 5) is 0. The van der Waals surface area contributed by atoms with Crippen LogP contribution in [0.15, 0.2) is 0 Å². The van der Waals surface area contributed by atoms with E-state index in [9.17, 15) is 0 Å². The van der Waals surface area contributed by atoms with Crippen LogP contribution in [0.25, 0.3) is 0 Å². The SMILES string of the molecule is CC(C)CCCCC(C(C)C)C1CC1. The Hall–Kier alpha value is 0. The lowest BCUT2D eigenvalue weighted by Gasteiger charge is -2.20. The summed E-state index contributed by atoms with van der Waals surface area (Å²) < 4.78 is 0. The average molecular weight is 196 g/mol. The van der Waals surface area contributed by atoms with Crippen LogP contribution in [0.5, 0.6) is 0 Å². The first-order chi connectivity index (χ1) is 6.61. The predicted molar refractivity (Wildman–Crippen MR) is 64.4 cm³/mol. The minimum atomic E-state index is 0.897. The van der Waals surface area contributed by atoms with Crippen molar-refractivity contribution in [3.8, 4) is 0 Å². The van der Waals surface area contributed by atoms with Gasteiger partial charge in [0.15, 0.2) is 0 Å². The van der Waals surface area contributed by atoms with Gasteiger partial charge in [-0.25, -0.2) is 0 Å². The van der Waals surface area contributed by atoms with Crippen molar-refractivity contribution in [2.24, 2.45) is 23.7 Å². The largest absolute Gasteiger partial charge is 0.0628 e. The van der Waals surface area contributed by atoms with Gasteiger partial charge in [-0.1, -0.05) is 47.0 Å². The summed E-state index contributed by atoms with van der Waals surface area (Å²) in [6, 6.07) is 0. The normalized spacial score (nSPS) is 19.3. The Kier molecular flexibility index (Phi) is 4.98. The second kappa shape index (κ2) is 5.78. The lowest BCUT2D eigenvalue weighted by Crippen LogP contribution is -2.11. The molecule has 0 nitrogen and oxygen atoms in total. The molecule has 0 amide bonds. The van der Waals surface area contributed by atoms with Crippen LogP contribution in [0.4, 0.5) is 0 Å². The minimum Gasteiger partial charge on any atom is -0.0628 e. The minimum absolute atomic E-state index is 0.897. The summed E-state index contributed by atoms with van der Waals surface area (Å²) in [7, 11) is 0. The predicted octanol–water partition coefficient (Wildman–Crippen LogP) is 4.89. The zero-order valence-electron chi connectivity index (χ0n) is 10.6. The maximum atomic E-state index is 2.41. The van der Waals surface area contributed by atoms with Crippen LogP contribution in [0.1, 0.15) is 66.2 Å². The molecule has 1 aliphatic rings. The van der Waals surface area contributed by atoms with Gasteiger partial charge in [0.2, 0.25) is 0 Å². The van der Waals surface area contributed by atoms with Crippen molar-refractivity contribution < 1.29 is 0 Å². The molecular formula is C14H28. The third-order valence-corrected chi connectivity index (χ3v) is 3.65. The molecule has 14 heavy (non-hydrogen) atoms. The van der Waals surface area contributed by atoms with Gasteiger partial charge in [-0.15, -0.1) is 0 Å². The molecule has 0 bridgehead atoms. The Labute approximate surface area is 90.5 Å². The lowest BCUT2D eigenvalue weighted by molar-refractivity contribution is 0.304. The van der Waals surface area contributed by atoms with E-state index in [0.29, 0.717) is 0 Å². The number of hydrogen-bond donors (Lipinski definition) is 0. The highest BCUT2D eigenvalue weighted by molar-refractivity contribution is 4.82. The molecule has 1 aliphatic carbocycles. The van der Waals surface area contributed by atoms with E-state index in [1.807, 2.05) is 0 Å². The van der Waals surface area contributed by atoms with E-state index in [2.05, 4.69) is 27.7 Å². The van der Waals surface area contributed by atoms with E-state index < -0.39 is 0 Å². The van der Waals surface area contributed by atoms with Crippen molar-refractivity contribution in [3.05, 3.63) is 0 Å². The van der Waals surface area contributed by atoms with Gasteiger partial charge in [-0.05, 0) is 42.9 Å². The van der Waals surface area contributed by atoms with E-state index >= 15 is 0 Å². The molecular weight excluding hydrogens is 168 g/mol. The standard InChI is InChI=1S/C14H28/c1-11(2)7-5-6-8-14(12(3)4)13-9-10-13/h11-14H,5-10H2,1-4H3.